The minimum absolute atomic E-state index is 0. The molecule has 1 aliphatic heterocycles. The molecule has 2 rings (SSSR count). The molecule has 7 nitrogen and oxygen atoms in total. The van der Waals surface area contributed by atoms with E-state index in [-0.39, 0.29) is 55.2 Å². The number of pyridine rings is 1. The first-order valence-corrected chi connectivity index (χ1v) is 9.92. The molecule has 1 aromatic rings. The zero-order chi connectivity index (χ0) is 20.3. The molecule has 0 aliphatic carbocycles. The molecule has 0 saturated carbocycles. The molecule has 0 atom stereocenters. The van der Waals surface area contributed by atoms with Gasteiger partial charge in [0.25, 0.3) is 0 Å². The molecule has 0 spiro atoms. The summed E-state index contributed by atoms with van der Waals surface area (Å²) in [5.41, 5.74) is 0.437. The number of hydrogen-bond acceptors (Lipinski definition) is 5. The zero-order valence-electron chi connectivity index (χ0n) is 15.8. The molecule has 12 heteroatoms. The third-order valence-corrected chi connectivity index (χ3v) is 6.75. The molecule has 1 fully saturated rings. The third kappa shape index (κ3) is 6.36. The van der Waals surface area contributed by atoms with Crippen molar-refractivity contribution in [3.63, 3.8) is 0 Å². The fourth-order valence-electron chi connectivity index (χ4n) is 2.67. The van der Waals surface area contributed by atoms with Crippen LogP contribution in [-0.2, 0) is 16.4 Å². The topological polar surface area (TPSA) is 83.9 Å². The first kappa shape index (κ1) is 24.7. The lowest BCUT2D eigenvalue weighted by molar-refractivity contribution is -0.154. The summed E-state index contributed by atoms with van der Waals surface area (Å²) in [6.07, 6.45) is -3.11. The highest BCUT2D eigenvalue weighted by Gasteiger charge is 2.41. The van der Waals surface area contributed by atoms with Crippen LogP contribution in [0.5, 0.6) is 5.88 Å². The number of aromatic nitrogens is 1. The van der Waals surface area contributed by atoms with Crippen LogP contribution in [0.4, 0.5) is 13.2 Å². The molecular formula is C16H24F3IN4O3S. The number of aliphatic imine (C=N–C) groups is 1. The maximum atomic E-state index is 12.4. The van der Waals surface area contributed by atoms with Crippen molar-refractivity contribution in [1.82, 2.24) is 15.2 Å². The van der Waals surface area contributed by atoms with Gasteiger partial charge in [-0.1, -0.05) is 6.07 Å². The minimum Gasteiger partial charge on any atom is -0.468 e. The Bertz CT molecular complexity index is 801. The van der Waals surface area contributed by atoms with E-state index in [1.807, 2.05) is 4.90 Å². The van der Waals surface area contributed by atoms with Crippen LogP contribution in [0.15, 0.2) is 23.3 Å². The lowest BCUT2D eigenvalue weighted by Crippen LogP contribution is -2.57. The SMILES string of the molecule is CN=C(NCc1cccnc1OCC(F)(F)F)N1CCS(=O)(=O)C(C)(C)C1.I. The average molecular weight is 536 g/mol. The van der Waals surface area contributed by atoms with Crippen LogP contribution in [-0.4, -0.2) is 67.7 Å². The van der Waals surface area contributed by atoms with Gasteiger partial charge in [-0.15, -0.1) is 24.0 Å². The number of guanidine groups is 1. The Morgan fingerprint density at radius 2 is 2.11 bits per heavy atom. The van der Waals surface area contributed by atoms with Gasteiger partial charge < -0.3 is 15.0 Å². The average Bonchev–Trinajstić information content (AvgIpc) is 2.57. The molecule has 0 amide bonds. The van der Waals surface area contributed by atoms with E-state index in [2.05, 4.69) is 15.3 Å². The molecule has 1 aromatic heterocycles. The second-order valence-corrected chi connectivity index (χ2v) is 9.52. The molecule has 160 valence electrons. The molecule has 0 bridgehead atoms. The molecule has 1 N–H and O–H groups in total. The second-order valence-electron chi connectivity index (χ2n) is 6.77. The Morgan fingerprint density at radius 1 is 1.43 bits per heavy atom. The largest absolute Gasteiger partial charge is 0.468 e. The Hall–Kier alpha value is -1.31. The van der Waals surface area contributed by atoms with E-state index in [0.29, 0.717) is 11.5 Å². The van der Waals surface area contributed by atoms with Crippen molar-refractivity contribution in [2.24, 2.45) is 4.99 Å². The summed E-state index contributed by atoms with van der Waals surface area (Å²) in [6, 6.07) is 3.19. The van der Waals surface area contributed by atoms with Gasteiger partial charge in [0.1, 0.15) is 0 Å². The van der Waals surface area contributed by atoms with Crippen molar-refractivity contribution in [3.8, 4) is 5.88 Å². The van der Waals surface area contributed by atoms with Crippen molar-refractivity contribution in [2.75, 3.05) is 32.5 Å². The summed E-state index contributed by atoms with van der Waals surface area (Å²) in [4.78, 5) is 9.81. The Kier molecular flexibility index (Phi) is 8.35. The van der Waals surface area contributed by atoms with E-state index in [1.165, 1.54) is 6.20 Å². The molecule has 1 aliphatic rings. The van der Waals surface area contributed by atoms with Gasteiger partial charge in [0.05, 0.1) is 10.5 Å². The number of hydrogen-bond donors (Lipinski definition) is 1. The van der Waals surface area contributed by atoms with E-state index in [0.717, 1.165) is 0 Å². The number of alkyl halides is 3. The van der Waals surface area contributed by atoms with Crippen molar-refractivity contribution < 1.29 is 26.3 Å². The van der Waals surface area contributed by atoms with E-state index < -0.39 is 27.4 Å². The second kappa shape index (κ2) is 9.46. The Morgan fingerprint density at radius 3 is 2.68 bits per heavy atom. The summed E-state index contributed by atoms with van der Waals surface area (Å²) in [6.45, 7) is 2.58. The van der Waals surface area contributed by atoms with Crippen LogP contribution < -0.4 is 10.1 Å². The smallest absolute Gasteiger partial charge is 0.422 e. The Labute approximate surface area is 179 Å². The van der Waals surface area contributed by atoms with Gasteiger partial charge in [0.2, 0.25) is 5.88 Å². The number of rotatable bonds is 4. The first-order valence-electron chi connectivity index (χ1n) is 8.26. The summed E-state index contributed by atoms with van der Waals surface area (Å²) in [5.74, 6) is 0.357. The van der Waals surface area contributed by atoms with Crippen molar-refractivity contribution in [2.45, 2.75) is 31.3 Å². The van der Waals surface area contributed by atoms with Crippen LogP contribution in [0.2, 0.25) is 0 Å². The molecular weight excluding hydrogens is 512 g/mol. The van der Waals surface area contributed by atoms with Gasteiger partial charge in [0, 0.05) is 38.4 Å². The van der Waals surface area contributed by atoms with Gasteiger partial charge in [-0.2, -0.15) is 13.2 Å². The monoisotopic (exact) mass is 536 g/mol. The predicted molar refractivity (Wildman–Crippen MR) is 111 cm³/mol. The summed E-state index contributed by atoms with van der Waals surface area (Å²) in [5, 5.41) is 3.04. The maximum absolute atomic E-state index is 12.4. The fraction of sp³-hybridized carbons (Fsp3) is 0.625. The lowest BCUT2D eigenvalue weighted by atomic mass is 10.2. The van der Waals surface area contributed by atoms with Crippen LogP contribution in [0.1, 0.15) is 19.4 Å². The lowest BCUT2D eigenvalue weighted by Gasteiger charge is -2.39. The molecule has 28 heavy (non-hydrogen) atoms. The normalized spacial score (nSPS) is 18.9. The zero-order valence-corrected chi connectivity index (χ0v) is 18.9. The number of halogens is 4. The predicted octanol–water partition coefficient (Wildman–Crippen LogP) is 2.23. The van der Waals surface area contributed by atoms with Gasteiger partial charge in [-0.05, 0) is 19.9 Å². The van der Waals surface area contributed by atoms with E-state index >= 15 is 0 Å². The van der Waals surface area contributed by atoms with Gasteiger partial charge >= 0.3 is 6.18 Å². The number of sulfone groups is 1. The van der Waals surface area contributed by atoms with Crippen molar-refractivity contribution in [3.05, 3.63) is 23.9 Å². The molecule has 1 saturated heterocycles. The summed E-state index contributed by atoms with van der Waals surface area (Å²) in [7, 11) is -1.63. The quantitative estimate of drug-likeness (QED) is 0.361. The van der Waals surface area contributed by atoms with E-state index in [9.17, 15) is 21.6 Å². The van der Waals surface area contributed by atoms with E-state index in [4.69, 9.17) is 4.74 Å². The molecule has 0 radical (unpaired) electrons. The summed E-state index contributed by atoms with van der Waals surface area (Å²) < 4.78 is 65.2. The van der Waals surface area contributed by atoms with E-state index in [1.54, 1.807) is 33.0 Å². The fourth-order valence-corrected chi connectivity index (χ4v) is 4.04. The molecule has 2 heterocycles. The minimum atomic E-state index is -4.46. The first-order chi connectivity index (χ1) is 12.5. The summed E-state index contributed by atoms with van der Waals surface area (Å²) >= 11 is 0. The Balaban J connectivity index is 0.00000392. The van der Waals surface area contributed by atoms with Crippen molar-refractivity contribution in [1.29, 1.82) is 0 Å². The van der Waals surface area contributed by atoms with Gasteiger partial charge in [-0.3, -0.25) is 4.99 Å². The van der Waals surface area contributed by atoms with Crippen molar-refractivity contribution >= 4 is 39.8 Å². The van der Waals surface area contributed by atoms with Gasteiger partial charge in [-0.25, -0.2) is 13.4 Å². The third-order valence-electron chi connectivity index (χ3n) is 4.21. The molecule has 0 unspecified atom stereocenters. The number of ether oxygens (including phenoxy) is 1. The van der Waals surface area contributed by atoms with Crippen LogP contribution >= 0.6 is 24.0 Å². The standard InChI is InChI=1S/C16H23F3N4O3S.HI/c1-15(2)10-23(7-8-27(15,24)25)14(20-3)22-9-12-5-4-6-21-13(12)26-11-16(17,18)19;/h4-6H,7-11H2,1-3H3,(H,20,22);1H. The van der Waals surface area contributed by atoms with Gasteiger partial charge in [0.15, 0.2) is 22.4 Å². The van der Waals surface area contributed by atoms with Crippen LogP contribution in [0.25, 0.3) is 0 Å². The molecule has 0 aromatic carbocycles. The van der Waals surface area contributed by atoms with Crippen LogP contribution in [0.3, 0.4) is 0 Å². The highest BCUT2D eigenvalue weighted by Crippen LogP contribution is 2.24. The highest BCUT2D eigenvalue weighted by atomic mass is 127. The maximum Gasteiger partial charge on any atom is 0.422 e. The number of nitrogens with one attached hydrogen (secondary N) is 1. The number of nitrogens with zero attached hydrogens (tertiary/aromatic N) is 3. The highest BCUT2D eigenvalue weighted by molar-refractivity contribution is 14.0. The van der Waals surface area contributed by atoms with Crippen LogP contribution in [0, 0.1) is 0 Å².